The van der Waals surface area contributed by atoms with Crippen LogP contribution in [0.4, 0.5) is 0 Å². The van der Waals surface area contributed by atoms with E-state index in [9.17, 15) is 14.7 Å². The van der Waals surface area contributed by atoms with Gasteiger partial charge in [-0.15, -0.1) is 0 Å². The molecule has 1 fully saturated rings. The molecule has 2 heterocycles. The van der Waals surface area contributed by atoms with Crippen LogP contribution in [0.15, 0.2) is 76.9 Å². The van der Waals surface area contributed by atoms with E-state index in [1.54, 1.807) is 49.6 Å². The SMILES string of the molecule is COc1ccc2[nH]cc(CCN3C(=O)C(=O)C(=C(O)c4ccc(Br)cc4)[C@@H]3c3ccc(Cl)cc3Cl)c2c1. The quantitative estimate of drug-likeness (QED) is 0.143. The van der Waals surface area contributed by atoms with E-state index >= 15 is 0 Å². The second-order valence-corrected chi connectivity index (χ2v) is 10.4. The van der Waals surface area contributed by atoms with E-state index in [1.807, 2.05) is 24.4 Å². The maximum Gasteiger partial charge on any atom is 0.295 e. The van der Waals surface area contributed by atoms with Gasteiger partial charge in [-0.3, -0.25) is 9.59 Å². The van der Waals surface area contributed by atoms with Crippen molar-refractivity contribution < 1.29 is 19.4 Å². The van der Waals surface area contributed by atoms with Crippen molar-refractivity contribution in [2.24, 2.45) is 0 Å². The number of likely N-dealkylation sites (tertiary alicyclic amines) is 1. The molecule has 1 amide bonds. The number of aromatic amines is 1. The first-order chi connectivity index (χ1) is 17.8. The number of hydrogen-bond donors (Lipinski definition) is 2. The van der Waals surface area contributed by atoms with Crippen LogP contribution in [0.1, 0.15) is 22.7 Å². The van der Waals surface area contributed by atoms with Gasteiger partial charge in [0.15, 0.2) is 0 Å². The molecule has 3 aromatic carbocycles. The third-order valence-electron chi connectivity index (χ3n) is 6.51. The number of aliphatic hydroxyl groups excluding tert-OH is 1. The van der Waals surface area contributed by atoms with Crippen LogP contribution in [-0.2, 0) is 16.0 Å². The molecule has 2 N–H and O–H groups in total. The lowest BCUT2D eigenvalue weighted by Gasteiger charge is -2.26. The summed E-state index contributed by atoms with van der Waals surface area (Å²) in [5.74, 6) is -1.01. The number of H-pyrrole nitrogens is 1. The van der Waals surface area contributed by atoms with Gasteiger partial charge in [0.25, 0.3) is 11.7 Å². The zero-order valence-electron chi connectivity index (χ0n) is 19.6. The summed E-state index contributed by atoms with van der Waals surface area (Å²) in [5, 5.41) is 12.9. The molecule has 5 rings (SSSR count). The van der Waals surface area contributed by atoms with Crippen molar-refractivity contribution in [2.75, 3.05) is 13.7 Å². The van der Waals surface area contributed by atoms with Gasteiger partial charge in [0.2, 0.25) is 0 Å². The van der Waals surface area contributed by atoms with Gasteiger partial charge in [-0.1, -0.05) is 57.3 Å². The number of halogens is 3. The van der Waals surface area contributed by atoms with Crippen LogP contribution < -0.4 is 4.74 Å². The zero-order valence-corrected chi connectivity index (χ0v) is 22.7. The van der Waals surface area contributed by atoms with Crippen molar-refractivity contribution in [3.63, 3.8) is 0 Å². The first-order valence-electron chi connectivity index (χ1n) is 11.4. The van der Waals surface area contributed by atoms with Crippen LogP contribution in [-0.4, -0.2) is 40.3 Å². The molecule has 0 bridgehead atoms. The summed E-state index contributed by atoms with van der Waals surface area (Å²) in [6.45, 7) is 0.218. The molecule has 0 spiro atoms. The molecule has 188 valence electrons. The fraction of sp³-hybridized carbons (Fsp3) is 0.143. The largest absolute Gasteiger partial charge is 0.507 e. The Kier molecular flexibility index (Phi) is 7.03. The van der Waals surface area contributed by atoms with E-state index in [4.69, 9.17) is 27.9 Å². The molecular weight excluding hydrogens is 579 g/mol. The van der Waals surface area contributed by atoms with Gasteiger partial charge in [0.1, 0.15) is 11.5 Å². The van der Waals surface area contributed by atoms with Crippen LogP contribution in [0, 0.1) is 0 Å². The highest BCUT2D eigenvalue weighted by atomic mass is 79.9. The third-order valence-corrected chi connectivity index (χ3v) is 7.60. The van der Waals surface area contributed by atoms with Crippen molar-refractivity contribution in [1.82, 2.24) is 9.88 Å². The minimum Gasteiger partial charge on any atom is -0.507 e. The lowest BCUT2D eigenvalue weighted by Crippen LogP contribution is -2.31. The lowest BCUT2D eigenvalue weighted by molar-refractivity contribution is -0.139. The Hall–Kier alpha value is -3.26. The summed E-state index contributed by atoms with van der Waals surface area (Å²) in [7, 11) is 1.61. The fourth-order valence-electron chi connectivity index (χ4n) is 4.65. The number of Topliss-reactive ketones (excluding diaryl/α,β-unsaturated/α-hetero) is 1. The van der Waals surface area contributed by atoms with Gasteiger partial charge in [0, 0.05) is 43.7 Å². The molecule has 0 radical (unpaired) electrons. The third kappa shape index (κ3) is 4.75. The van der Waals surface area contributed by atoms with E-state index in [2.05, 4.69) is 20.9 Å². The van der Waals surface area contributed by atoms with Gasteiger partial charge in [-0.2, -0.15) is 0 Å². The Morgan fingerprint density at radius 1 is 1.08 bits per heavy atom. The summed E-state index contributed by atoms with van der Waals surface area (Å²) >= 11 is 16.1. The Morgan fingerprint density at radius 2 is 1.84 bits per heavy atom. The van der Waals surface area contributed by atoms with Gasteiger partial charge in [0.05, 0.1) is 18.7 Å². The molecule has 0 saturated carbocycles. The van der Waals surface area contributed by atoms with Crippen molar-refractivity contribution >= 4 is 67.5 Å². The number of benzene rings is 3. The van der Waals surface area contributed by atoms with Crippen LogP contribution in [0.2, 0.25) is 10.0 Å². The van der Waals surface area contributed by atoms with Crippen LogP contribution >= 0.6 is 39.1 Å². The monoisotopic (exact) mass is 598 g/mol. The highest BCUT2D eigenvalue weighted by molar-refractivity contribution is 9.10. The number of aromatic nitrogens is 1. The average Bonchev–Trinajstić information content (AvgIpc) is 3.40. The smallest absolute Gasteiger partial charge is 0.295 e. The fourth-order valence-corrected chi connectivity index (χ4v) is 5.43. The summed E-state index contributed by atoms with van der Waals surface area (Å²) in [4.78, 5) is 31.3. The van der Waals surface area contributed by atoms with Crippen molar-refractivity contribution in [3.8, 4) is 5.75 Å². The second kappa shape index (κ2) is 10.2. The summed E-state index contributed by atoms with van der Waals surface area (Å²) < 4.78 is 6.17. The number of rotatable bonds is 6. The minimum atomic E-state index is -0.881. The van der Waals surface area contributed by atoms with E-state index in [-0.39, 0.29) is 17.9 Å². The van der Waals surface area contributed by atoms with Gasteiger partial charge >= 0.3 is 0 Å². The molecule has 6 nitrogen and oxygen atoms in total. The molecule has 9 heteroatoms. The number of fused-ring (bicyclic) bond motifs is 1. The van der Waals surface area contributed by atoms with Gasteiger partial charge in [-0.05, 0) is 60.0 Å². The first-order valence-corrected chi connectivity index (χ1v) is 13.0. The number of ether oxygens (including phenoxy) is 1. The highest BCUT2D eigenvalue weighted by Gasteiger charge is 2.46. The predicted molar refractivity (Wildman–Crippen MR) is 148 cm³/mol. The standard InChI is InChI=1S/C28H21BrCl2N2O4/c1-37-19-7-9-23-21(13-19)16(14-32-23)10-11-33-25(20-8-6-18(30)12-22(20)31)24(27(35)28(33)36)26(34)15-2-4-17(29)5-3-15/h2-9,12-14,25,32,34H,10-11H2,1H3/t25-/m0/s1. The summed E-state index contributed by atoms with van der Waals surface area (Å²) in [5.41, 5.74) is 2.80. The van der Waals surface area contributed by atoms with E-state index in [0.717, 1.165) is 26.7 Å². The number of aliphatic hydroxyl groups is 1. The van der Waals surface area contributed by atoms with E-state index < -0.39 is 17.7 Å². The minimum absolute atomic E-state index is 0.0165. The summed E-state index contributed by atoms with van der Waals surface area (Å²) in [6.07, 6.45) is 2.34. The van der Waals surface area contributed by atoms with Crippen molar-refractivity contribution in [1.29, 1.82) is 0 Å². The van der Waals surface area contributed by atoms with E-state index in [0.29, 0.717) is 27.6 Å². The molecule has 1 aliphatic rings. The molecule has 37 heavy (non-hydrogen) atoms. The first kappa shape index (κ1) is 25.4. The van der Waals surface area contributed by atoms with Gasteiger partial charge in [-0.25, -0.2) is 0 Å². The highest BCUT2D eigenvalue weighted by Crippen LogP contribution is 2.42. The predicted octanol–water partition coefficient (Wildman–Crippen LogP) is 6.91. The number of methoxy groups -OCH3 is 1. The number of carbonyl (C=O) groups excluding carboxylic acids is 2. The lowest BCUT2D eigenvalue weighted by atomic mass is 9.95. The maximum absolute atomic E-state index is 13.3. The molecule has 0 unspecified atom stereocenters. The number of nitrogens with one attached hydrogen (secondary N) is 1. The van der Waals surface area contributed by atoms with Gasteiger partial charge < -0.3 is 19.7 Å². The van der Waals surface area contributed by atoms with Crippen molar-refractivity contribution in [2.45, 2.75) is 12.5 Å². The molecule has 1 atom stereocenters. The molecule has 0 aliphatic carbocycles. The van der Waals surface area contributed by atoms with Crippen LogP contribution in [0.25, 0.3) is 16.7 Å². The number of carbonyl (C=O) groups is 2. The Morgan fingerprint density at radius 3 is 2.54 bits per heavy atom. The summed E-state index contributed by atoms with van der Waals surface area (Å²) in [6, 6.07) is 16.6. The van der Waals surface area contributed by atoms with Crippen molar-refractivity contribution in [3.05, 3.63) is 104 Å². The average molecular weight is 600 g/mol. The Labute approximate surface area is 231 Å². The molecular formula is C28H21BrCl2N2O4. The number of ketones is 1. The Balaban J connectivity index is 1.58. The topological polar surface area (TPSA) is 82.6 Å². The zero-order chi connectivity index (χ0) is 26.3. The number of hydrogen-bond acceptors (Lipinski definition) is 4. The van der Waals surface area contributed by atoms with Crippen LogP contribution in [0.5, 0.6) is 5.75 Å². The number of nitrogens with zero attached hydrogens (tertiary/aromatic N) is 1. The number of amides is 1. The molecule has 1 aliphatic heterocycles. The molecule has 4 aromatic rings. The van der Waals surface area contributed by atoms with E-state index in [1.165, 1.54) is 4.90 Å². The Bertz CT molecular complexity index is 1560. The maximum atomic E-state index is 13.3. The molecule has 1 saturated heterocycles. The normalized spacial score (nSPS) is 17.1. The molecule has 1 aromatic heterocycles. The van der Waals surface area contributed by atoms with Crippen LogP contribution in [0.3, 0.4) is 0 Å². The second-order valence-electron chi connectivity index (χ2n) is 8.64.